The number of aromatic hydroxyl groups is 1. The maximum Gasteiger partial charge on any atom is 0.290 e. The van der Waals surface area contributed by atoms with Crippen LogP contribution in [-0.2, 0) is 46.4 Å². The van der Waals surface area contributed by atoms with Gasteiger partial charge in [-0.15, -0.1) is 0 Å². The van der Waals surface area contributed by atoms with Gasteiger partial charge in [-0.3, -0.25) is 39.0 Å². The van der Waals surface area contributed by atoms with Crippen LogP contribution in [0.15, 0.2) is 66.7 Å². The SMILES string of the molecule is N=C(N)NCCC[C@H]1NC(=O)[C@@H]2CCCN2C(=O)[C@@H](NC=O)CNC(=O)/C=C\[C@@H](Cc2ccc(O)cc2)NC(=O)[C@@H](Cc2ccccc2)NC(=O)C1=O. The largest absolute Gasteiger partial charge is 0.508 e. The van der Waals surface area contributed by atoms with E-state index in [0.29, 0.717) is 24.0 Å². The van der Waals surface area contributed by atoms with E-state index in [-0.39, 0.29) is 63.4 Å². The van der Waals surface area contributed by atoms with Crippen molar-refractivity contribution in [1.29, 1.82) is 5.41 Å². The van der Waals surface area contributed by atoms with Crippen LogP contribution in [0, 0.1) is 5.41 Å². The number of carbonyl (C=O) groups is 7. The summed E-state index contributed by atoms with van der Waals surface area (Å²) in [4.78, 5) is 94.3. The predicted octanol–water partition coefficient (Wildman–Crippen LogP) is -1.74. The molecule has 1 fully saturated rings. The average Bonchev–Trinajstić information content (AvgIpc) is 3.64. The molecule has 0 spiro atoms. The van der Waals surface area contributed by atoms with Crippen LogP contribution in [0.5, 0.6) is 5.75 Å². The Bertz CT molecular complexity index is 1690. The second-order valence-corrected chi connectivity index (χ2v) is 12.7. The van der Waals surface area contributed by atoms with E-state index in [1.807, 2.05) is 0 Å². The summed E-state index contributed by atoms with van der Waals surface area (Å²) in [6.45, 7) is 0.00408. The Morgan fingerprint density at radius 3 is 2.34 bits per heavy atom. The fourth-order valence-corrected chi connectivity index (χ4v) is 6.12. The minimum Gasteiger partial charge on any atom is -0.508 e. The Balaban J connectivity index is 1.70. The molecule has 282 valence electrons. The minimum atomic E-state index is -1.37. The number of rotatable bonds is 10. The number of Topliss-reactive ketones (excluding diaryl/α,β-unsaturated/α-hetero) is 1. The van der Waals surface area contributed by atoms with Gasteiger partial charge in [-0.2, -0.15) is 0 Å². The summed E-state index contributed by atoms with van der Waals surface area (Å²) in [6, 6.07) is 9.27. The summed E-state index contributed by atoms with van der Waals surface area (Å²) >= 11 is 0. The van der Waals surface area contributed by atoms with Gasteiger partial charge in [0, 0.05) is 32.1 Å². The van der Waals surface area contributed by atoms with E-state index >= 15 is 0 Å². The Kier molecular flexibility index (Phi) is 14.4. The molecule has 0 radical (unpaired) electrons. The molecule has 2 aromatic rings. The summed E-state index contributed by atoms with van der Waals surface area (Å²) in [7, 11) is 0. The number of amides is 6. The highest BCUT2D eigenvalue weighted by Gasteiger charge is 2.39. The maximum absolute atomic E-state index is 13.9. The van der Waals surface area contributed by atoms with Crippen LogP contribution in [0.3, 0.4) is 0 Å². The zero-order valence-electron chi connectivity index (χ0n) is 29.0. The lowest BCUT2D eigenvalue weighted by molar-refractivity contribution is -0.143. The van der Waals surface area contributed by atoms with Crippen LogP contribution in [0.25, 0.3) is 0 Å². The molecular weight excluding hydrogens is 686 g/mol. The van der Waals surface area contributed by atoms with E-state index in [4.69, 9.17) is 11.1 Å². The number of ketones is 1. The van der Waals surface area contributed by atoms with Gasteiger partial charge in [0.25, 0.3) is 5.91 Å². The van der Waals surface area contributed by atoms with Crippen molar-refractivity contribution in [3.63, 3.8) is 0 Å². The molecule has 6 amide bonds. The second kappa shape index (κ2) is 19.4. The molecule has 2 aromatic carbocycles. The summed E-state index contributed by atoms with van der Waals surface area (Å²) in [5, 5.41) is 32.7. The van der Waals surface area contributed by atoms with Gasteiger partial charge in [0.1, 0.15) is 23.9 Å². The van der Waals surface area contributed by atoms with Crippen molar-refractivity contribution in [2.45, 2.75) is 68.7 Å². The Morgan fingerprint density at radius 2 is 1.64 bits per heavy atom. The second-order valence-electron chi connectivity index (χ2n) is 12.7. The Morgan fingerprint density at radius 1 is 0.925 bits per heavy atom. The van der Waals surface area contributed by atoms with E-state index in [1.165, 1.54) is 23.1 Å². The molecule has 0 unspecified atom stereocenters. The van der Waals surface area contributed by atoms with Crippen molar-refractivity contribution >= 4 is 47.7 Å². The molecule has 4 rings (SSSR count). The predicted molar refractivity (Wildman–Crippen MR) is 192 cm³/mol. The third-order valence-corrected chi connectivity index (χ3v) is 8.83. The number of nitrogens with zero attached hydrogens (tertiary/aromatic N) is 1. The molecule has 17 heteroatoms. The van der Waals surface area contributed by atoms with Gasteiger partial charge < -0.3 is 47.6 Å². The number of nitrogens with one attached hydrogen (secondary N) is 7. The van der Waals surface area contributed by atoms with Crippen LogP contribution in [-0.4, -0.2) is 108 Å². The smallest absolute Gasteiger partial charge is 0.290 e. The number of hydrogen-bond acceptors (Lipinski definition) is 9. The van der Waals surface area contributed by atoms with E-state index in [0.717, 1.165) is 6.08 Å². The quantitative estimate of drug-likeness (QED) is 0.0438. The fourth-order valence-electron chi connectivity index (χ4n) is 6.12. The highest BCUT2D eigenvalue weighted by atomic mass is 16.3. The van der Waals surface area contributed by atoms with E-state index in [1.54, 1.807) is 42.5 Å². The van der Waals surface area contributed by atoms with Crippen molar-refractivity contribution < 1.29 is 38.7 Å². The van der Waals surface area contributed by atoms with Crippen LogP contribution in [0.2, 0.25) is 0 Å². The van der Waals surface area contributed by atoms with Crippen LogP contribution < -0.4 is 37.6 Å². The fraction of sp³-hybridized carbons (Fsp3) is 0.389. The van der Waals surface area contributed by atoms with Crippen molar-refractivity contribution in [3.8, 4) is 5.75 Å². The van der Waals surface area contributed by atoms with Crippen molar-refractivity contribution in [3.05, 3.63) is 77.9 Å². The molecule has 0 bridgehead atoms. The minimum absolute atomic E-state index is 0.00829. The molecule has 53 heavy (non-hydrogen) atoms. The summed E-state index contributed by atoms with van der Waals surface area (Å²) < 4.78 is 0. The van der Waals surface area contributed by atoms with Gasteiger partial charge in [-0.25, -0.2) is 0 Å². The third kappa shape index (κ3) is 11.9. The number of phenolic OH excluding ortho intramolecular Hbond substituents is 1. The first-order chi connectivity index (χ1) is 25.4. The summed E-state index contributed by atoms with van der Waals surface area (Å²) in [5.41, 5.74) is 6.74. The number of hydrogen-bond donors (Lipinski definition) is 9. The molecule has 0 saturated carbocycles. The van der Waals surface area contributed by atoms with E-state index in [2.05, 4.69) is 31.9 Å². The maximum atomic E-state index is 13.9. The van der Waals surface area contributed by atoms with Gasteiger partial charge in [0.15, 0.2) is 5.96 Å². The van der Waals surface area contributed by atoms with Gasteiger partial charge in [-0.1, -0.05) is 48.5 Å². The molecule has 1 saturated heterocycles. The third-order valence-electron chi connectivity index (χ3n) is 8.83. The molecule has 5 atom stereocenters. The average molecular weight is 732 g/mol. The number of phenols is 1. The highest BCUT2D eigenvalue weighted by molar-refractivity contribution is 6.38. The summed E-state index contributed by atoms with van der Waals surface area (Å²) in [5.74, 6) is -5.09. The lowest BCUT2D eigenvalue weighted by atomic mass is 10.0. The number of benzene rings is 2. The molecular formula is C36H45N9O8. The molecule has 0 aromatic heterocycles. The van der Waals surface area contributed by atoms with Crippen LogP contribution in [0.1, 0.15) is 36.8 Å². The van der Waals surface area contributed by atoms with Gasteiger partial charge >= 0.3 is 0 Å². The van der Waals surface area contributed by atoms with Crippen molar-refractivity contribution in [2.75, 3.05) is 19.6 Å². The lowest BCUT2D eigenvalue weighted by Gasteiger charge is -2.29. The van der Waals surface area contributed by atoms with Crippen molar-refractivity contribution in [1.82, 2.24) is 36.8 Å². The molecule has 2 aliphatic heterocycles. The lowest BCUT2D eigenvalue weighted by Crippen LogP contribution is -2.58. The number of carbonyl (C=O) groups excluding carboxylic acids is 7. The number of nitrogens with two attached hydrogens (primary N) is 1. The first-order valence-corrected chi connectivity index (χ1v) is 17.3. The van der Waals surface area contributed by atoms with Gasteiger partial charge in [0.05, 0.1) is 12.1 Å². The number of fused-ring (bicyclic) bond motifs is 1. The molecule has 17 nitrogen and oxygen atoms in total. The first kappa shape index (κ1) is 39.5. The molecule has 2 heterocycles. The standard InChI is InChI=1S/C36H45N9O8/c37-36(38)39-16-4-8-26-31(49)34(52)44-27(19-22-6-2-1-3-7-22)32(50)42-24(18-23-10-13-25(47)14-11-23)12-15-30(48)40-20-28(41-21-46)35(53)45-17-5-9-29(45)33(51)43-26/h1-3,6-7,10-15,21,24,26-29,47H,4-5,8-9,16-20H2,(H,40,48)(H,41,46)(H,42,50)(H,43,51)(H,44,52)(H4,37,38,39)/b15-12-/t24-,26+,27+,28-,29-/m0/s1. The Hall–Kier alpha value is -6.26. The Labute approximate surface area is 306 Å². The zero-order valence-corrected chi connectivity index (χ0v) is 29.0. The topological polar surface area (TPSA) is 265 Å². The van der Waals surface area contributed by atoms with Gasteiger partial charge in [-0.05, 0) is 55.4 Å². The van der Waals surface area contributed by atoms with Crippen molar-refractivity contribution in [2.24, 2.45) is 5.73 Å². The van der Waals surface area contributed by atoms with Crippen LogP contribution >= 0.6 is 0 Å². The normalized spacial score (nSPS) is 23.8. The highest BCUT2D eigenvalue weighted by Crippen LogP contribution is 2.20. The molecule has 0 aliphatic carbocycles. The van der Waals surface area contributed by atoms with E-state index in [9.17, 15) is 38.7 Å². The monoisotopic (exact) mass is 731 g/mol. The first-order valence-electron chi connectivity index (χ1n) is 17.3. The molecule has 2 aliphatic rings. The van der Waals surface area contributed by atoms with Crippen LogP contribution in [0.4, 0.5) is 0 Å². The zero-order chi connectivity index (χ0) is 38.3. The van der Waals surface area contributed by atoms with E-state index < -0.39 is 65.5 Å². The summed E-state index contributed by atoms with van der Waals surface area (Å²) in [6.07, 6.45) is 3.88. The number of guanidine groups is 1. The van der Waals surface area contributed by atoms with Gasteiger partial charge in [0.2, 0.25) is 35.8 Å². The molecule has 10 N–H and O–H groups in total.